The first-order valence-corrected chi connectivity index (χ1v) is 17.1. The maximum absolute atomic E-state index is 14.0. The van der Waals surface area contributed by atoms with Crippen LogP contribution in [0.3, 0.4) is 0 Å². The van der Waals surface area contributed by atoms with E-state index < -0.39 is 7.44 Å². The van der Waals surface area contributed by atoms with Gasteiger partial charge < -0.3 is 14.4 Å². The number of hydrogen-bond donors (Lipinski definition) is 0. The van der Waals surface area contributed by atoms with Gasteiger partial charge in [0.1, 0.15) is 11.4 Å². The number of nitrogens with zero attached hydrogens (tertiary/aromatic N) is 5. The molecule has 3 atom stereocenters. The minimum atomic E-state index is -2.89. The third-order valence-electron chi connectivity index (χ3n) is 6.70. The Morgan fingerprint density at radius 3 is 2.57 bits per heavy atom. The number of carbonyl (C=O) groups is 1. The molecular formula is C25H44N5O4PS2. The van der Waals surface area contributed by atoms with E-state index in [9.17, 15) is 9.36 Å². The minimum absolute atomic E-state index is 0.0400. The van der Waals surface area contributed by atoms with Crippen molar-refractivity contribution in [2.75, 3.05) is 72.1 Å². The first-order valence-electron chi connectivity index (χ1n) is 13.0. The second-order valence-electron chi connectivity index (χ2n) is 10.8. The molecule has 1 aromatic rings. The third kappa shape index (κ3) is 9.21. The Morgan fingerprint density at radius 2 is 1.95 bits per heavy atom. The standard InChI is InChI=1S/C25H44N5O4PS2/c1-21-17-29(25(2,3)4)18-22(34-21)19-33-20-35(32,27(5)6)30-14-12-28(13-15-30)24(31)10-16-36-37-23-9-7-8-11-26-23/h7-9,11,21-22H,10,12-20H2,1-6H3. The molecule has 0 spiro atoms. The van der Waals surface area contributed by atoms with Crippen LogP contribution in [0.25, 0.3) is 0 Å². The summed E-state index contributed by atoms with van der Waals surface area (Å²) in [5.74, 6) is 0.885. The summed E-state index contributed by atoms with van der Waals surface area (Å²) in [6, 6.07) is 5.82. The molecule has 3 unspecified atom stereocenters. The number of rotatable bonds is 11. The molecule has 0 bridgehead atoms. The zero-order valence-corrected chi connectivity index (χ0v) is 25.7. The van der Waals surface area contributed by atoms with Crippen LogP contribution in [-0.2, 0) is 18.8 Å². The number of pyridine rings is 1. The topological polar surface area (TPSA) is 78.5 Å². The number of amides is 1. The van der Waals surface area contributed by atoms with Gasteiger partial charge in [-0.2, -0.15) is 0 Å². The van der Waals surface area contributed by atoms with E-state index in [1.807, 2.05) is 41.9 Å². The van der Waals surface area contributed by atoms with Crippen molar-refractivity contribution in [3.8, 4) is 0 Å². The highest BCUT2D eigenvalue weighted by molar-refractivity contribution is 8.76. The highest BCUT2D eigenvalue weighted by Gasteiger charge is 2.37. The van der Waals surface area contributed by atoms with Crippen LogP contribution in [0, 0.1) is 0 Å². The molecule has 0 saturated carbocycles. The van der Waals surface area contributed by atoms with Gasteiger partial charge in [-0.3, -0.25) is 14.3 Å². The van der Waals surface area contributed by atoms with Gasteiger partial charge in [0.25, 0.3) is 0 Å². The van der Waals surface area contributed by atoms with E-state index in [0.717, 1.165) is 23.9 Å². The lowest BCUT2D eigenvalue weighted by atomic mass is 10.0. The summed E-state index contributed by atoms with van der Waals surface area (Å²) in [6.45, 7) is 13.2. The highest BCUT2D eigenvalue weighted by Crippen LogP contribution is 2.51. The summed E-state index contributed by atoms with van der Waals surface area (Å²) in [5, 5.41) is 0.950. The van der Waals surface area contributed by atoms with Crippen molar-refractivity contribution in [3.05, 3.63) is 24.4 Å². The Bertz CT molecular complexity index is 897. The van der Waals surface area contributed by atoms with E-state index in [1.54, 1.807) is 32.5 Å². The molecule has 12 heteroatoms. The molecule has 2 fully saturated rings. The van der Waals surface area contributed by atoms with Crippen LogP contribution in [0.4, 0.5) is 0 Å². The lowest BCUT2D eigenvalue weighted by Crippen LogP contribution is -2.55. The van der Waals surface area contributed by atoms with Crippen LogP contribution in [0.1, 0.15) is 34.1 Å². The smallest absolute Gasteiger partial charge is 0.241 e. The molecule has 1 aromatic heterocycles. The van der Waals surface area contributed by atoms with Gasteiger partial charge >= 0.3 is 0 Å². The first kappa shape index (κ1) is 30.9. The van der Waals surface area contributed by atoms with Gasteiger partial charge in [0.2, 0.25) is 13.4 Å². The molecule has 1 amide bonds. The van der Waals surface area contributed by atoms with Gasteiger partial charge in [-0.1, -0.05) is 16.9 Å². The van der Waals surface area contributed by atoms with Crippen molar-refractivity contribution in [2.45, 2.75) is 56.9 Å². The molecule has 3 rings (SSSR count). The molecular weight excluding hydrogens is 529 g/mol. The van der Waals surface area contributed by atoms with Crippen molar-refractivity contribution in [1.29, 1.82) is 0 Å². The predicted molar refractivity (Wildman–Crippen MR) is 153 cm³/mol. The number of aromatic nitrogens is 1. The summed E-state index contributed by atoms with van der Waals surface area (Å²) in [5.41, 5.74) is 0.0724. The molecule has 0 aliphatic carbocycles. The zero-order chi connectivity index (χ0) is 27.1. The monoisotopic (exact) mass is 573 g/mol. The van der Waals surface area contributed by atoms with Crippen molar-refractivity contribution in [3.63, 3.8) is 0 Å². The lowest BCUT2D eigenvalue weighted by Gasteiger charge is -2.44. The molecule has 0 aromatic carbocycles. The van der Waals surface area contributed by atoms with Crippen LogP contribution in [-0.4, -0.2) is 120 Å². The maximum Gasteiger partial charge on any atom is 0.241 e. The number of piperazine rings is 1. The summed E-state index contributed by atoms with van der Waals surface area (Å²) >= 11 is 0. The number of carbonyl (C=O) groups excluding carboxylic acids is 1. The molecule has 2 aliphatic heterocycles. The molecule has 37 heavy (non-hydrogen) atoms. The first-order chi connectivity index (χ1) is 17.5. The van der Waals surface area contributed by atoms with E-state index in [0.29, 0.717) is 39.2 Å². The van der Waals surface area contributed by atoms with E-state index in [1.165, 1.54) is 0 Å². The normalized spacial score (nSPS) is 23.8. The number of morpholine rings is 1. The van der Waals surface area contributed by atoms with E-state index in [2.05, 4.69) is 37.6 Å². The maximum atomic E-state index is 14.0. The van der Waals surface area contributed by atoms with E-state index in [4.69, 9.17) is 9.47 Å². The molecule has 9 nitrogen and oxygen atoms in total. The van der Waals surface area contributed by atoms with Crippen molar-refractivity contribution in [2.24, 2.45) is 0 Å². The highest BCUT2D eigenvalue weighted by atomic mass is 33.1. The summed E-state index contributed by atoms with van der Waals surface area (Å²) < 4.78 is 29.9. The second kappa shape index (κ2) is 14.1. The fourth-order valence-electron chi connectivity index (χ4n) is 4.48. The van der Waals surface area contributed by atoms with Crippen LogP contribution in [0.2, 0.25) is 0 Å². The van der Waals surface area contributed by atoms with Crippen molar-refractivity contribution >= 4 is 34.9 Å². The molecule has 2 saturated heterocycles. The Labute approximate surface area is 230 Å². The molecule has 3 heterocycles. The summed E-state index contributed by atoms with van der Waals surface area (Å²) in [6.07, 6.45) is 2.51. The van der Waals surface area contributed by atoms with E-state index in [-0.39, 0.29) is 30.0 Å². The molecule has 0 N–H and O–H groups in total. The van der Waals surface area contributed by atoms with Crippen LogP contribution >= 0.6 is 29.0 Å². The molecule has 0 radical (unpaired) electrons. The lowest BCUT2D eigenvalue weighted by molar-refractivity contribution is -0.132. The Morgan fingerprint density at radius 1 is 1.22 bits per heavy atom. The van der Waals surface area contributed by atoms with Gasteiger partial charge in [0.05, 0.1) is 18.8 Å². The Kier molecular flexibility index (Phi) is 11.8. The number of hydrogen-bond acceptors (Lipinski definition) is 8. The average Bonchev–Trinajstić information content (AvgIpc) is 2.86. The number of ether oxygens (including phenoxy) is 2. The fraction of sp³-hybridized carbons (Fsp3) is 0.760. The average molecular weight is 574 g/mol. The van der Waals surface area contributed by atoms with Gasteiger partial charge in [-0.15, -0.1) is 0 Å². The van der Waals surface area contributed by atoms with E-state index >= 15 is 0 Å². The van der Waals surface area contributed by atoms with Gasteiger partial charge in [-0.05, 0) is 64.7 Å². The van der Waals surface area contributed by atoms with Crippen LogP contribution in [0.5, 0.6) is 0 Å². The summed E-state index contributed by atoms with van der Waals surface area (Å²) in [7, 11) is 4.04. The third-order valence-corrected chi connectivity index (χ3v) is 12.0. The van der Waals surface area contributed by atoms with Gasteiger partial charge in [0, 0.05) is 63.2 Å². The van der Waals surface area contributed by atoms with Gasteiger partial charge in [-0.25, -0.2) is 14.3 Å². The Hall–Kier alpha value is -0.650. The largest absolute Gasteiger partial charge is 0.370 e. The fourth-order valence-corrected chi connectivity index (χ4v) is 8.39. The predicted octanol–water partition coefficient (Wildman–Crippen LogP) is 3.97. The van der Waals surface area contributed by atoms with Crippen LogP contribution < -0.4 is 0 Å². The SMILES string of the molecule is CC1CN(C(C)(C)C)CC(COCP(=O)(N(C)C)N2CCN(C(=O)CCSSc3ccccn3)CC2)O1. The van der Waals surface area contributed by atoms with Crippen LogP contribution in [0.15, 0.2) is 29.4 Å². The van der Waals surface area contributed by atoms with Crippen molar-refractivity contribution < 1.29 is 18.8 Å². The zero-order valence-electron chi connectivity index (χ0n) is 23.2. The second-order valence-corrected chi connectivity index (χ2v) is 16.2. The minimum Gasteiger partial charge on any atom is -0.370 e. The Balaban J connectivity index is 1.42. The van der Waals surface area contributed by atoms with Crippen molar-refractivity contribution in [1.82, 2.24) is 24.1 Å². The molecule has 210 valence electrons. The summed E-state index contributed by atoms with van der Waals surface area (Å²) in [4.78, 5) is 21.3. The quantitative estimate of drug-likeness (QED) is 0.220. The van der Waals surface area contributed by atoms with Gasteiger partial charge in [0.15, 0.2) is 0 Å². The molecule has 2 aliphatic rings.